The van der Waals surface area contributed by atoms with Gasteiger partial charge in [0.1, 0.15) is 6.29 Å². The number of hydrogen-bond donors (Lipinski definition) is 5. The summed E-state index contributed by atoms with van der Waals surface area (Å²) in [5, 5.41) is 17.3. The number of nitrogens with one attached hydrogen (secondary N) is 2. The summed E-state index contributed by atoms with van der Waals surface area (Å²) in [5.74, 6) is 2.49. The van der Waals surface area contributed by atoms with Crippen molar-refractivity contribution in [1.29, 1.82) is 0 Å². The van der Waals surface area contributed by atoms with Crippen molar-refractivity contribution in [2.45, 2.75) is 109 Å². The molecule has 2 amide bonds. The fourth-order valence-corrected chi connectivity index (χ4v) is 12.6. The molecule has 14 rings (SSSR count). The number of allylic oxidation sites excluding steroid dienone is 1. The molecule has 2 atom stereocenters. The molecule has 2 unspecified atom stereocenters. The summed E-state index contributed by atoms with van der Waals surface area (Å²) < 4.78 is 24.2. The van der Waals surface area contributed by atoms with Crippen LogP contribution in [0.4, 0.5) is 0 Å². The van der Waals surface area contributed by atoms with E-state index in [9.17, 15) is 62.3 Å². The first-order valence-electron chi connectivity index (χ1n) is 43.2. The number of carbonyl (C=O) groups is 13. The Morgan fingerprint density at radius 3 is 0.925 bits per heavy atom. The molecule has 2 aliphatic rings. The van der Waals surface area contributed by atoms with Gasteiger partial charge in [-0.05, 0) is 165 Å². The topological polar surface area (TPSA) is 377 Å². The minimum Gasteiger partial charge on any atom is -0.478 e. The smallest absolute Gasteiger partial charge is 0.337 e. The first-order chi connectivity index (χ1) is 65.0. The van der Waals surface area contributed by atoms with E-state index < -0.39 is 17.8 Å². The quantitative estimate of drug-likeness (QED) is 0.00531. The van der Waals surface area contributed by atoms with Crippen LogP contribution in [0.5, 0.6) is 0 Å². The van der Waals surface area contributed by atoms with E-state index in [0.717, 1.165) is 89.5 Å². The van der Waals surface area contributed by atoms with Gasteiger partial charge in [-0.25, -0.2) is 40.9 Å². The number of carboxylic acids is 1. The van der Waals surface area contributed by atoms with Crippen LogP contribution in [0.25, 0.3) is 6.08 Å². The Labute approximate surface area is 780 Å². The second-order valence-electron chi connectivity index (χ2n) is 29.8. The number of methoxy groups -OCH3 is 3. The van der Waals surface area contributed by atoms with E-state index in [0.29, 0.717) is 108 Å². The molecule has 2 heterocycles. The number of carbonyl (C=O) groups excluding carboxylic acids is 12. The SMILES string of the molecule is CC(=O)c1ccccc1.COC(=O)c1ccc(/C=C/C(=O)c2ccccc2)cc1.COC(=O)c1ccc(C=O)cc1.COC(=O)c1ccc(CCC(=O)c2ccccc2)cc1.NOC1CCCCO1.O=C(CCc1ccc(C(=O)NO)cc1)c1ccccc1.O=C(CCc1ccc(C(=O)NOC2CCCCO2)cc1)c1ccccc1.O=C(O)c1ccc(CCC(=O)c2ccccc2)cc1.[HH]. The Hall–Kier alpha value is -15.4. The van der Waals surface area contributed by atoms with Gasteiger partial charge in [-0.2, -0.15) is 0 Å². The number of aryl methyl sites for hydroxylation is 4. The number of hydroxylamine groups is 2. The predicted octanol–water partition coefficient (Wildman–Crippen LogP) is 20.0. The normalized spacial score (nSPS) is 12.5. The number of esters is 3. The highest BCUT2D eigenvalue weighted by Gasteiger charge is 2.19. The Morgan fingerprint density at radius 1 is 0.358 bits per heavy atom. The maximum absolute atomic E-state index is 12.1. The van der Waals surface area contributed by atoms with Crippen molar-refractivity contribution in [3.63, 3.8) is 0 Å². The van der Waals surface area contributed by atoms with Crippen LogP contribution in [0.3, 0.4) is 0 Å². The molecule has 0 aromatic heterocycles. The molecule has 12 aromatic rings. The van der Waals surface area contributed by atoms with Crippen LogP contribution in [0.1, 0.15) is 235 Å². The van der Waals surface area contributed by atoms with Crippen LogP contribution in [0, 0.1) is 0 Å². The number of aromatic carboxylic acids is 1. The average molecular weight is 1820 g/mol. The van der Waals surface area contributed by atoms with Gasteiger partial charge in [0.2, 0.25) is 0 Å². The predicted molar refractivity (Wildman–Crippen MR) is 510 cm³/mol. The average Bonchev–Trinajstić information content (AvgIpc) is 0.884. The Morgan fingerprint density at radius 2 is 0.649 bits per heavy atom. The van der Waals surface area contributed by atoms with Crippen molar-refractivity contribution in [3.05, 3.63) is 434 Å². The van der Waals surface area contributed by atoms with Gasteiger partial charge in [-0.15, -0.1) is 0 Å². The largest absolute Gasteiger partial charge is 0.478 e. The van der Waals surface area contributed by atoms with Gasteiger partial charge < -0.3 is 28.8 Å². The van der Waals surface area contributed by atoms with Crippen LogP contribution in [0.2, 0.25) is 0 Å². The fourth-order valence-electron chi connectivity index (χ4n) is 12.6. The third kappa shape index (κ3) is 39.5. The maximum atomic E-state index is 12.1. The van der Waals surface area contributed by atoms with Crippen molar-refractivity contribution in [3.8, 4) is 0 Å². The van der Waals surface area contributed by atoms with Crippen molar-refractivity contribution in [2.24, 2.45) is 5.90 Å². The summed E-state index contributed by atoms with van der Waals surface area (Å²) in [5.41, 5.74) is 16.3. The number of ketones is 6. The van der Waals surface area contributed by atoms with Gasteiger partial charge in [-0.3, -0.25) is 53.2 Å². The number of amides is 2. The van der Waals surface area contributed by atoms with Crippen LogP contribution in [-0.4, -0.2) is 134 Å². The van der Waals surface area contributed by atoms with Crippen molar-refractivity contribution in [2.75, 3.05) is 34.5 Å². The second kappa shape index (κ2) is 60.5. The van der Waals surface area contributed by atoms with Crippen molar-refractivity contribution < 1.29 is 107 Å². The molecule has 0 saturated carbocycles. The van der Waals surface area contributed by atoms with E-state index in [1.807, 2.05) is 170 Å². The van der Waals surface area contributed by atoms with Gasteiger partial charge in [0.15, 0.2) is 47.3 Å². The number of carboxylic acid groups (broad SMARTS) is 1. The standard InChI is InChI=1S/C21H23NO4.C17H16O3.C17H14O3.C16H15NO3.C16H14O3.C9H8O3.C8H8O.C5H11NO2.H2/c23-19(17-6-2-1-3-7-17)14-11-16-9-12-18(13-10-16)21(24)22-26-20-8-4-5-15-25-20;2*1-20-17(19)15-10-7-13(8-11-15)9-12-16(18)14-5-3-2-4-6-14;18-15(13-4-2-1-3-5-13)11-8-12-6-9-14(10-7-12)16(19)17-20;17-15(13-4-2-1-3-5-13)11-8-12-6-9-14(10-7-12)16(18)19;1-12-9(11)8-4-2-7(6-10)3-5-8;1-7(9)8-5-3-2-4-6-8;6-8-5-3-1-2-4-7-5;/h1-3,6-7,9-10,12-13,20H,4-5,8,11,14-15H2,(H,22,24);2-8,10-11H,9,12H2,1H3;2-12H,1H3;1-7,9-10,20H,8,11H2,(H,17,19);1-7,9-10H,8,11H2,(H,18,19);2-6H,1H3;2-6H,1H3;5H,1-4,6H2;1H/b;;12-9+;;;;;;. The van der Waals surface area contributed by atoms with E-state index in [-0.39, 0.29) is 72.1 Å². The van der Waals surface area contributed by atoms with Crippen LogP contribution in [-0.2, 0) is 59.0 Å². The molecule has 12 aromatic carbocycles. The first-order valence-corrected chi connectivity index (χ1v) is 43.2. The second-order valence-corrected chi connectivity index (χ2v) is 29.8. The molecule has 2 aliphatic heterocycles. The Bertz CT molecular complexity index is 5560. The van der Waals surface area contributed by atoms with Crippen LogP contribution >= 0.6 is 0 Å². The number of benzene rings is 12. The third-order valence-corrected chi connectivity index (χ3v) is 20.2. The molecule has 2 saturated heterocycles. The Kier molecular flexibility index (Phi) is 47.7. The molecular weight excluding hydrogens is 1700 g/mol. The molecule has 694 valence electrons. The van der Waals surface area contributed by atoms with E-state index in [1.165, 1.54) is 33.8 Å². The van der Waals surface area contributed by atoms with Crippen molar-refractivity contribution in [1.82, 2.24) is 11.0 Å². The summed E-state index contributed by atoms with van der Waals surface area (Å²) in [7, 11) is 4.01. The maximum Gasteiger partial charge on any atom is 0.337 e. The zero-order valence-electron chi connectivity index (χ0n) is 75.0. The molecule has 25 nitrogen and oxygen atoms in total. The lowest BCUT2D eigenvalue weighted by atomic mass is 10.0. The summed E-state index contributed by atoms with van der Waals surface area (Å²) in [6.45, 7) is 3.02. The lowest BCUT2D eigenvalue weighted by Crippen LogP contribution is -2.33. The van der Waals surface area contributed by atoms with Crippen LogP contribution in [0.15, 0.2) is 334 Å². The van der Waals surface area contributed by atoms with Crippen LogP contribution < -0.4 is 16.9 Å². The molecule has 0 aliphatic carbocycles. The van der Waals surface area contributed by atoms with Crippen molar-refractivity contribution >= 4 is 82.8 Å². The minimum atomic E-state index is -0.938. The summed E-state index contributed by atoms with van der Waals surface area (Å²) in [6, 6.07) is 96.0. The zero-order valence-corrected chi connectivity index (χ0v) is 75.0. The van der Waals surface area contributed by atoms with E-state index in [1.54, 1.807) is 176 Å². The highest BCUT2D eigenvalue weighted by atomic mass is 16.8. The molecule has 0 spiro atoms. The number of hydrogen-bond acceptors (Lipinski definition) is 22. The summed E-state index contributed by atoms with van der Waals surface area (Å²) >= 11 is 0. The molecule has 6 N–H and O–H groups in total. The number of rotatable bonds is 30. The van der Waals surface area contributed by atoms with Gasteiger partial charge >= 0.3 is 23.9 Å². The summed E-state index contributed by atoms with van der Waals surface area (Å²) in [4.78, 5) is 158. The highest BCUT2D eigenvalue weighted by molar-refractivity contribution is 6.07. The molecule has 2 fully saturated rings. The van der Waals surface area contributed by atoms with E-state index in [2.05, 4.69) is 24.5 Å². The van der Waals surface area contributed by atoms with E-state index >= 15 is 0 Å². The lowest BCUT2D eigenvalue weighted by molar-refractivity contribution is -0.186. The number of ether oxygens (including phenoxy) is 5. The van der Waals surface area contributed by atoms with Gasteiger partial charge in [0.25, 0.3) is 11.8 Å². The first kappa shape index (κ1) is 106. The fraction of sp³-hybridized carbons (Fsp3) is 0.202. The minimum absolute atomic E-state index is 0. The molecule has 25 heteroatoms. The zero-order chi connectivity index (χ0) is 96.5. The molecule has 0 radical (unpaired) electrons. The Balaban J connectivity index is 0.000000242. The highest BCUT2D eigenvalue weighted by Crippen LogP contribution is 2.20. The molecular formula is C109H111N3O22. The number of nitrogens with two attached hydrogens (primary N) is 1. The number of aldehydes is 1. The molecule has 0 bridgehead atoms. The van der Waals surface area contributed by atoms with Gasteiger partial charge in [0, 0.05) is 103 Å². The van der Waals surface area contributed by atoms with Gasteiger partial charge in [-0.1, -0.05) is 261 Å². The summed E-state index contributed by atoms with van der Waals surface area (Å²) in [6.07, 6.45) is 13.9. The van der Waals surface area contributed by atoms with E-state index in [4.69, 9.17) is 30.5 Å². The lowest BCUT2D eigenvalue weighted by Gasteiger charge is -2.22. The van der Waals surface area contributed by atoms with Gasteiger partial charge in [0.05, 0.1) is 43.6 Å². The monoisotopic (exact) mass is 1810 g/mol. The number of Topliss-reactive ketones (excluding diaryl/α,β-unsaturated/α-hetero) is 5. The molecule has 134 heavy (non-hydrogen) atoms. The third-order valence-electron chi connectivity index (χ3n) is 20.2.